The van der Waals surface area contributed by atoms with Crippen molar-refractivity contribution >= 4 is 53.0 Å². The average molecular weight is 855 g/mol. The molecule has 0 unspecified atom stereocenters. The molecular formula is C42H49ClF2N6O5S2. The van der Waals surface area contributed by atoms with Crippen molar-refractivity contribution in [2.75, 3.05) is 12.5 Å². The van der Waals surface area contributed by atoms with Crippen LogP contribution in [0.1, 0.15) is 91.8 Å². The summed E-state index contributed by atoms with van der Waals surface area (Å²) < 4.78 is 39.1. The second-order valence-corrected chi connectivity index (χ2v) is 16.0. The van der Waals surface area contributed by atoms with Crippen LogP contribution in [0.2, 0.25) is 0 Å². The number of carbonyl (C=O) groups excluding carboxylic acids is 3. The van der Waals surface area contributed by atoms with Crippen LogP contribution in [0.4, 0.5) is 8.78 Å². The molecule has 4 N–H and O–H groups in total. The zero-order chi connectivity index (χ0) is 41.4. The maximum absolute atomic E-state index is 13.8. The second-order valence-electron chi connectivity index (χ2n) is 14.0. The van der Waals surface area contributed by atoms with Gasteiger partial charge in [-0.2, -0.15) is 0 Å². The van der Waals surface area contributed by atoms with Gasteiger partial charge < -0.3 is 25.4 Å². The molecule has 2 aromatic carbocycles. The van der Waals surface area contributed by atoms with Crippen LogP contribution < -0.4 is 30.3 Å². The molecule has 0 atom stereocenters. The predicted octanol–water partition coefficient (Wildman–Crippen LogP) is 9.21. The third kappa shape index (κ3) is 13.6. The van der Waals surface area contributed by atoms with Gasteiger partial charge in [0.05, 0.1) is 12.4 Å². The van der Waals surface area contributed by atoms with Gasteiger partial charge in [-0.05, 0) is 131 Å². The molecule has 58 heavy (non-hydrogen) atoms. The molecule has 0 aliphatic heterocycles. The van der Waals surface area contributed by atoms with Gasteiger partial charge in [0, 0.05) is 40.4 Å². The molecule has 2 aliphatic rings. The number of ether oxygens (including phenoxy) is 2. The summed E-state index contributed by atoms with van der Waals surface area (Å²) in [5.41, 5.74) is 0.148. The minimum absolute atomic E-state index is 0.0229. The smallest absolute Gasteiger partial charge is 0.257 e. The Bertz CT molecular complexity index is 2000. The van der Waals surface area contributed by atoms with Gasteiger partial charge in [-0.25, -0.2) is 23.6 Å². The first-order valence-corrected chi connectivity index (χ1v) is 22.1. The van der Waals surface area contributed by atoms with Crippen molar-refractivity contribution in [2.24, 2.45) is 0 Å². The third-order valence-corrected chi connectivity index (χ3v) is 11.5. The van der Waals surface area contributed by atoms with Crippen LogP contribution in [-0.4, -0.2) is 64.4 Å². The first-order chi connectivity index (χ1) is 28.1. The fourth-order valence-electron chi connectivity index (χ4n) is 6.68. The van der Waals surface area contributed by atoms with Crippen molar-refractivity contribution in [3.63, 3.8) is 0 Å². The lowest BCUT2D eigenvalue weighted by molar-refractivity contribution is -0.122. The van der Waals surface area contributed by atoms with Crippen LogP contribution in [-0.2, 0) is 4.79 Å². The van der Waals surface area contributed by atoms with Gasteiger partial charge in [-0.3, -0.25) is 14.4 Å². The molecule has 2 saturated carbocycles. The molecule has 16 heteroatoms. The lowest BCUT2D eigenvalue weighted by atomic mass is 9.91. The molecule has 11 nitrogen and oxygen atoms in total. The highest BCUT2D eigenvalue weighted by Crippen LogP contribution is 2.30. The topological polar surface area (TPSA) is 144 Å². The van der Waals surface area contributed by atoms with E-state index in [9.17, 15) is 23.2 Å². The third-order valence-electron chi connectivity index (χ3n) is 9.76. The fraction of sp³-hybridized carbons (Fsp3) is 0.405. The lowest BCUT2D eigenvalue weighted by Crippen LogP contribution is -2.43. The van der Waals surface area contributed by atoms with Crippen molar-refractivity contribution < 1.29 is 32.6 Å². The zero-order valence-electron chi connectivity index (χ0n) is 32.7. The van der Waals surface area contributed by atoms with Gasteiger partial charge in [0.1, 0.15) is 34.3 Å². The summed E-state index contributed by atoms with van der Waals surface area (Å²) in [4.78, 5) is 50.1. The standard InChI is InChI=1S/C23H28FN3O3S.C19H21ClFN3O2S/c1-3-5-21(28)26-16-8-10-17(11-9-16)27-22(29)20-12-15(24)14-25-23(20)30-18-6-4-7-19(13-18)31-2;1-27-16-4-2-3-15(10-16)26-19-17(9-12(21)11-22-19)18(25)23-13-5-7-14(24-20)8-6-13/h4,6-7,12-14,16-17H,3,5,8-11H2,1-2H3,(H,26,28)(H,27,29);2-4,9-11,13-14,24H,5-8H2,1H3,(H,23,25). The summed E-state index contributed by atoms with van der Waals surface area (Å²) >= 11 is 8.81. The Morgan fingerprint density at radius 1 is 0.672 bits per heavy atom. The van der Waals surface area contributed by atoms with Gasteiger partial charge in [-0.1, -0.05) is 19.1 Å². The van der Waals surface area contributed by atoms with Gasteiger partial charge in [0.15, 0.2) is 0 Å². The van der Waals surface area contributed by atoms with E-state index in [4.69, 9.17) is 21.3 Å². The Morgan fingerprint density at radius 3 is 1.48 bits per heavy atom. The Morgan fingerprint density at radius 2 is 1.09 bits per heavy atom. The number of thioether (sulfide) groups is 2. The first-order valence-electron chi connectivity index (χ1n) is 19.3. The van der Waals surface area contributed by atoms with E-state index in [0.717, 1.165) is 92.1 Å². The molecule has 0 radical (unpaired) electrons. The summed E-state index contributed by atoms with van der Waals surface area (Å²) in [6.07, 6.45) is 13.8. The van der Waals surface area contributed by atoms with Gasteiger partial charge in [0.25, 0.3) is 11.8 Å². The molecule has 0 saturated heterocycles. The molecule has 0 spiro atoms. The molecule has 3 amide bonds. The number of aromatic nitrogens is 2. The summed E-state index contributed by atoms with van der Waals surface area (Å²) in [7, 11) is 0. The van der Waals surface area contributed by atoms with Crippen LogP contribution in [0.3, 0.4) is 0 Å². The van der Waals surface area contributed by atoms with Crippen molar-refractivity contribution in [3.8, 4) is 23.3 Å². The van der Waals surface area contributed by atoms with Crippen molar-refractivity contribution in [1.82, 2.24) is 30.8 Å². The average Bonchev–Trinajstić information content (AvgIpc) is 3.23. The summed E-state index contributed by atoms with van der Waals surface area (Å²) in [5.74, 6) is -0.680. The van der Waals surface area contributed by atoms with Gasteiger partial charge in [-0.15, -0.1) is 23.5 Å². The van der Waals surface area contributed by atoms with Gasteiger partial charge in [0.2, 0.25) is 17.7 Å². The molecule has 310 valence electrons. The Kier molecular flexibility index (Phi) is 17.4. The fourth-order valence-corrected chi connectivity index (χ4v) is 7.79. The number of nitrogens with zero attached hydrogens (tertiary/aromatic N) is 2. The van der Waals surface area contributed by atoms with Crippen LogP contribution in [0.5, 0.6) is 23.3 Å². The highest BCUT2D eigenvalue weighted by atomic mass is 35.5. The van der Waals surface area contributed by atoms with E-state index in [-0.39, 0.29) is 58.9 Å². The number of hydrogen-bond donors (Lipinski definition) is 4. The highest BCUT2D eigenvalue weighted by Gasteiger charge is 2.27. The van der Waals surface area contributed by atoms with E-state index < -0.39 is 17.5 Å². The number of rotatable bonds is 14. The van der Waals surface area contributed by atoms with E-state index in [1.165, 1.54) is 0 Å². The molecule has 4 aromatic rings. The maximum Gasteiger partial charge on any atom is 0.257 e. The SMILES string of the molecule is CCCC(=O)NC1CCC(NC(=O)c2cc(F)cnc2Oc2cccc(SC)c2)CC1.CSc1cccc(Oc2ncc(F)cc2C(=O)NC2CCC(NCl)CC2)c1. The molecular weight excluding hydrogens is 806 g/mol. The highest BCUT2D eigenvalue weighted by molar-refractivity contribution is 7.98. The van der Waals surface area contributed by atoms with E-state index >= 15 is 0 Å². The molecule has 2 heterocycles. The molecule has 2 fully saturated rings. The van der Waals surface area contributed by atoms with Crippen LogP contribution in [0.15, 0.2) is 82.8 Å². The van der Waals surface area contributed by atoms with E-state index in [2.05, 4.69) is 30.8 Å². The second kappa shape index (κ2) is 22.6. The molecule has 6 rings (SSSR count). The number of benzene rings is 2. The van der Waals surface area contributed by atoms with E-state index in [0.29, 0.717) is 17.9 Å². The minimum Gasteiger partial charge on any atom is -0.438 e. The molecule has 2 aliphatic carbocycles. The summed E-state index contributed by atoms with van der Waals surface area (Å²) in [6, 6.07) is 17.5. The monoisotopic (exact) mass is 854 g/mol. The number of pyridine rings is 2. The van der Waals surface area contributed by atoms with Crippen molar-refractivity contribution in [3.05, 3.63) is 95.8 Å². The van der Waals surface area contributed by atoms with Gasteiger partial charge >= 0.3 is 0 Å². The van der Waals surface area contributed by atoms with Crippen molar-refractivity contribution in [1.29, 1.82) is 0 Å². The minimum atomic E-state index is -0.599. The van der Waals surface area contributed by atoms with Crippen LogP contribution >= 0.6 is 35.3 Å². The number of amides is 3. The maximum atomic E-state index is 13.8. The zero-order valence-corrected chi connectivity index (χ0v) is 35.1. The first kappa shape index (κ1) is 44.7. The Hall–Kier alpha value is -4.44. The largest absolute Gasteiger partial charge is 0.438 e. The number of halogens is 3. The Balaban J connectivity index is 0.000000223. The number of hydrogen-bond acceptors (Lipinski definition) is 10. The molecule has 2 aromatic heterocycles. The van der Waals surface area contributed by atoms with Crippen molar-refractivity contribution in [2.45, 2.75) is 105 Å². The molecule has 0 bridgehead atoms. The van der Waals surface area contributed by atoms with E-state index in [1.807, 2.05) is 55.8 Å². The van der Waals surface area contributed by atoms with E-state index in [1.54, 1.807) is 35.7 Å². The lowest BCUT2D eigenvalue weighted by Gasteiger charge is -2.29. The summed E-state index contributed by atoms with van der Waals surface area (Å²) in [6.45, 7) is 1.98. The van der Waals surface area contributed by atoms with Crippen LogP contribution in [0.25, 0.3) is 0 Å². The predicted molar refractivity (Wildman–Crippen MR) is 224 cm³/mol. The normalized spacial score (nSPS) is 18.9. The number of carbonyl (C=O) groups is 3. The van der Waals surface area contributed by atoms with Crippen LogP contribution in [0, 0.1) is 11.6 Å². The Labute approximate surface area is 351 Å². The quantitative estimate of drug-likeness (QED) is 0.0716. The number of nitrogens with one attached hydrogen (secondary N) is 4. The summed E-state index contributed by atoms with van der Waals surface area (Å²) in [5, 5.41) is 8.97.